The van der Waals surface area contributed by atoms with Crippen LogP contribution in [0.5, 0.6) is 11.5 Å². The van der Waals surface area contributed by atoms with Crippen LogP contribution in [0.4, 0.5) is 0 Å². The second-order valence-electron chi connectivity index (χ2n) is 3.52. The zero-order valence-corrected chi connectivity index (χ0v) is 10.4. The van der Waals surface area contributed by atoms with Gasteiger partial charge >= 0.3 is 0 Å². The molecule has 0 aliphatic rings. The summed E-state index contributed by atoms with van der Waals surface area (Å²) in [6.45, 7) is 3.93. The molecule has 0 aliphatic heterocycles. The summed E-state index contributed by atoms with van der Waals surface area (Å²) in [6, 6.07) is 3.26. The van der Waals surface area contributed by atoms with Crippen molar-refractivity contribution < 1.29 is 9.84 Å². The van der Waals surface area contributed by atoms with Gasteiger partial charge in [0.25, 0.3) is 0 Å². The summed E-state index contributed by atoms with van der Waals surface area (Å²) >= 11 is 11.1. The summed E-state index contributed by atoms with van der Waals surface area (Å²) in [5, 5.41) is 10.0. The Morgan fingerprint density at radius 1 is 1.47 bits per heavy atom. The summed E-state index contributed by atoms with van der Waals surface area (Å²) in [7, 11) is 1.55. The highest BCUT2D eigenvalue weighted by Gasteiger charge is 2.15. The lowest BCUT2D eigenvalue weighted by molar-refractivity contribution is 0.412. The van der Waals surface area contributed by atoms with Crippen molar-refractivity contribution in [3.8, 4) is 11.5 Å². The molecule has 82 valence electrons. The number of thiocarbonyl (C=S) groups is 1. The Bertz CT molecular complexity index is 388. The van der Waals surface area contributed by atoms with E-state index in [0.717, 1.165) is 0 Å². The molecule has 0 bridgehead atoms. The minimum absolute atomic E-state index is 0.0242. The van der Waals surface area contributed by atoms with Crippen LogP contribution in [0.3, 0.4) is 0 Å². The van der Waals surface area contributed by atoms with Crippen molar-refractivity contribution in [2.45, 2.75) is 13.8 Å². The lowest BCUT2D eigenvalue weighted by Crippen LogP contribution is -2.06. The number of ether oxygens (including phenoxy) is 1. The number of hydrogen-bond acceptors (Lipinski definition) is 3. The Morgan fingerprint density at radius 2 is 2.07 bits per heavy atom. The number of halogens is 1. The first-order valence-corrected chi connectivity index (χ1v) is 5.36. The lowest BCUT2D eigenvalue weighted by atomic mass is 10.0. The third-order valence-electron chi connectivity index (χ3n) is 2.06. The maximum absolute atomic E-state index is 9.76. The van der Waals surface area contributed by atoms with Gasteiger partial charge in [0.05, 0.1) is 12.1 Å². The van der Waals surface area contributed by atoms with E-state index >= 15 is 0 Å². The Morgan fingerprint density at radius 3 is 2.53 bits per heavy atom. The van der Waals surface area contributed by atoms with Crippen molar-refractivity contribution in [3.05, 3.63) is 22.7 Å². The fourth-order valence-electron chi connectivity index (χ4n) is 1.19. The fourth-order valence-corrected chi connectivity index (χ4v) is 1.56. The van der Waals surface area contributed by atoms with E-state index in [4.69, 9.17) is 28.6 Å². The second-order valence-corrected chi connectivity index (χ2v) is 4.37. The van der Waals surface area contributed by atoms with E-state index in [0.29, 0.717) is 16.2 Å². The van der Waals surface area contributed by atoms with Crippen LogP contribution in [-0.2, 0) is 0 Å². The first-order chi connectivity index (χ1) is 6.97. The topological polar surface area (TPSA) is 29.5 Å². The van der Waals surface area contributed by atoms with E-state index in [-0.39, 0.29) is 16.7 Å². The molecule has 0 fully saturated rings. The van der Waals surface area contributed by atoms with Gasteiger partial charge in [0.2, 0.25) is 0 Å². The van der Waals surface area contributed by atoms with Crippen molar-refractivity contribution in [2.24, 2.45) is 5.92 Å². The number of aromatic hydroxyl groups is 1. The van der Waals surface area contributed by atoms with E-state index in [2.05, 4.69) is 0 Å². The summed E-state index contributed by atoms with van der Waals surface area (Å²) in [5.74, 6) is 0.793. The lowest BCUT2D eigenvalue weighted by Gasteiger charge is -2.12. The number of methoxy groups -OCH3 is 1. The molecular weight excluding hydrogens is 232 g/mol. The number of phenols is 1. The number of phenolic OH excluding ortho intramolecular Hbond substituents is 1. The van der Waals surface area contributed by atoms with Crippen molar-refractivity contribution in [1.29, 1.82) is 0 Å². The summed E-state index contributed by atoms with van der Waals surface area (Å²) < 4.78 is 5.07. The quantitative estimate of drug-likeness (QED) is 0.653. The summed E-state index contributed by atoms with van der Waals surface area (Å²) in [6.07, 6.45) is 0. The SMILES string of the molecule is COc1cc(Cl)c(O)c(C(=S)C(C)C)c1. The molecule has 0 heterocycles. The molecule has 0 amide bonds. The number of hydrogen-bond donors (Lipinski definition) is 1. The number of rotatable bonds is 3. The Kier molecular flexibility index (Phi) is 3.94. The van der Waals surface area contributed by atoms with Gasteiger partial charge < -0.3 is 9.84 Å². The van der Waals surface area contributed by atoms with Crippen LogP contribution in [0, 0.1) is 5.92 Å². The van der Waals surface area contributed by atoms with Crippen LogP contribution in [0.15, 0.2) is 12.1 Å². The van der Waals surface area contributed by atoms with Crippen molar-refractivity contribution in [2.75, 3.05) is 7.11 Å². The first kappa shape index (κ1) is 12.3. The average Bonchev–Trinajstić information content (AvgIpc) is 2.20. The zero-order chi connectivity index (χ0) is 11.6. The van der Waals surface area contributed by atoms with Gasteiger partial charge in [-0.3, -0.25) is 0 Å². The average molecular weight is 245 g/mol. The van der Waals surface area contributed by atoms with Gasteiger partial charge in [-0.05, 0) is 12.0 Å². The molecule has 0 saturated heterocycles. The molecule has 4 heteroatoms. The van der Waals surface area contributed by atoms with E-state index in [1.54, 1.807) is 19.2 Å². The van der Waals surface area contributed by atoms with E-state index in [1.807, 2.05) is 13.8 Å². The molecule has 1 rings (SSSR count). The Hall–Kier alpha value is -0.800. The normalized spacial score (nSPS) is 10.5. The van der Waals surface area contributed by atoms with Crippen LogP contribution >= 0.6 is 23.8 Å². The molecule has 1 aromatic carbocycles. The number of benzene rings is 1. The standard InChI is InChI=1S/C11H13ClO2S/c1-6(2)11(15)8-4-7(14-3)5-9(12)10(8)13/h4-6,13H,1-3H3. The largest absolute Gasteiger partial charge is 0.506 e. The molecular formula is C11H13ClO2S. The zero-order valence-electron chi connectivity index (χ0n) is 8.87. The summed E-state index contributed by atoms with van der Waals surface area (Å²) in [4.78, 5) is 0.674. The molecule has 2 nitrogen and oxygen atoms in total. The van der Waals surface area contributed by atoms with Gasteiger partial charge in [0, 0.05) is 16.5 Å². The Balaban J connectivity index is 3.27. The molecule has 0 radical (unpaired) electrons. The van der Waals surface area contributed by atoms with Crippen LogP contribution in [0.25, 0.3) is 0 Å². The molecule has 0 spiro atoms. The predicted molar refractivity (Wildman–Crippen MR) is 66.2 cm³/mol. The van der Waals surface area contributed by atoms with E-state index < -0.39 is 0 Å². The van der Waals surface area contributed by atoms with Gasteiger partial charge in [-0.15, -0.1) is 0 Å². The minimum Gasteiger partial charge on any atom is -0.506 e. The highest BCUT2D eigenvalue weighted by atomic mass is 35.5. The molecule has 0 aliphatic carbocycles. The fraction of sp³-hybridized carbons (Fsp3) is 0.364. The smallest absolute Gasteiger partial charge is 0.142 e. The third kappa shape index (κ3) is 2.61. The first-order valence-electron chi connectivity index (χ1n) is 4.58. The molecule has 0 atom stereocenters. The van der Waals surface area contributed by atoms with Crippen molar-refractivity contribution >= 4 is 28.7 Å². The molecule has 0 saturated carbocycles. The molecule has 15 heavy (non-hydrogen) atoms. The van der Waals surface area contributed by atoms with Crippen LogP contribution in [-0.4, -0.2) is 17.1 Å². The van der Waals surface area contributed by atoms with Crippen LogP contribution in [0.1, 0.15) is 19.4 Å². The van der Waals surface area contributed by atoms with Gasteiger partial charge in [-0.2, -0.15) is 0 Å². The minimum atomic E-state index is 0.0242. The van der Waals surface area contributed by atoms with E-state index in [1.165, 1.54) is 0 Å². The van der Waals surface area contributed by atoms with Gasteiger partial charge in [0.15, 0.2) is 0 Å². The van der Waals surface area contributed by atoms with Crippen LogP contribution < -0.4 is 4.74 Å². The predicted octanol–water partition coefficient (Wildman–Crippen LogP) is 3.43. The third-order valence-corrected chi connectivity index (χ3v) is 3.04. The van der Waals surface area contributed by atoms with E-state index in [9.17, 15) is 5.11 Å². The maximum atomic E-state index is 9.76. The highest BCUT2D eigenvalue weighted by Crippen LogP contribution is 2.33. The molecule has 0 unspecified atom stereocenters. The van der Waals surface area contributed by atoms with Gasteiger partial charge in [-0.25, -0.2) is 0 Å². The molecule has 1 N–H and O–H groups in total. The Labute approximate surface area is 99.8 Å². The highest BCUT2D eigenvalue weighted by molar-refractivity contribution is 7.80. The molecule has 1 aromatic rings. The van der Waals surface area contributed by atoms with Gasteiger partial charge in [-0.1, -0.05) is 37.7 Å². The van der Waals surface area contributed by atoms with Crippen molar-refractivity contribution in [3.63, 3.8) is 0 Å². The monoisotopic (exact) mass is 244 g/mol. The molecule has 0 aromatic heterocycles. The summed E-state index contributed by atoms with van der Waals surface area (Å²) in [5.41, 5.74) is 0.573. The maximum Gasteiger partial charge on any atom is 0.142 e. The van der Waals surface area contributed by atoms with Crippen LogP contribution in [0.2, 0.25) is 5.02 Å². The van der Waals surface area contributed by atoms with Gasteiger partial charge in [0.1, 0.15) is 11.5 Å². The van der Waals surface area contributed by atoms with Crippen molar-refractivity contribution in [1.82, 2.24) is 0 Å². The second kappa shape index (κ2) is 4.81.